The Morgan fingerprint density at radius 2 is 2.44 bits per heavy atom. The highest BCUT2D eigenvalue weighted by Crippen LogP contribution is 2.10. The van der Waals surface area contributed by atoms with E-state index in [-0.39, 0.29) is 18.6 Å². The lowest BCUT2D eigenvalue weighted by Crippen LogP contribution is -2.50. The largest absolute Gasteiger partial charge is 0.395 e. The van der Waals surface area contributed by atoms with Gasteiger partial charge in [-0.05, 0) is 25.8 Å². The molecule has 1 fully saturated rings. The van der Waals surface area contributed by atoms with E-state index in [4.69, 9.17) is 10.8 Å². The molecule has 0 saturated carbocycles. The van der Waals surface area contributed by atoms with Crippen LogP contribution in [0.4, 0.5) is 0 Å². The van der Waals surface area contributed by atoms with Gasteiger partial charge in [-0.15, -0.1) is 0 Å². The van der Waals surface area contributed by atoms with E-state index in [1.807, 2.05) is 11.8 Å². The van der Waals surface area contributed by atoms with E-state index in [9.17, 15) is 4.79 Å². The van der Waals surface area contributed by atoms with E-state index in [1.54, 1.807) is 0 Å². The molecule has 2 unspecified atom stereocenters. The van der Waals surface area contributed by atoms with Crippen molar-refractivity contribution in [2.24, 2.45) is 5.73 Å². The van der Waals surface area contributed by atoms with Crippen LogP contribution in [0.2, 0.25) is 0 Å². The summed E-state index contributed by atoms with van der Waals surface area (Å²) in [5, 5.41) is 12.4. The number of hydrogen-bond donors (Lipinski definition) is 3. The van der Waals surface area contributed by atoms with E-state index in [0.29, 0.717) is 19.0 Å². The number of nitrogens with zero attached hydrogens (tertiary/aromatic N) is 1. The molecule has 1 rings (SSSR count). The fraction of sp³-hybridized carbons (Fsp3) is 0.909. The molecule has 4 N–H and O–H groups in total. The van der Waals surface area contributed by atoms with E-state index < -0.39 is 0 Å². The molecular formula is C11H23N3O2. The Morgan fingerprint density at radius 3 is 2.88 bits per heavy atom. The fourth-order valence-corrected chi connectivity index (χ4v) is 2.34. The molecule has 1 amide bonds. The van der Waals surface area contributed by atoms with Gasteiger partial charge in [-0.2, -0.15) is 0 Å². The maximum atomic E-state index is 11.3. The number of carbonyl (C=O) groups excluding carboxylic acids is 1. The summed E-state index contributed by atoms with van der Waals surface area (Å²) in [6, 6.07) is 0.175. The molecule has 0 aromatic rings. The number of hydrogen-bond acceptors (Lipinski definition) is 4. The second kappa shape index (κ2) is 6.83. The van der Waals surface area contributed by atoms with E-state index in [1.165, 1.54) is 6.42 Å². The molecule has 0 spiro atoms. The highest BCUT2D eigenvalue weighted by molar-refractivity contribution is 5.79. The number of nitrogens with two attached hydrogens (primary N) is 1. The molecule has 0 aliphatic carbocycles. The van der Waals surface area contributed by atoms with Crippen LogP contribution >= 0.6 is 0 Å². The molecule has 0 aromatic heterocycles. The lowest BCUT2D eigenvalue weighted by Gasteiger charge is -2.30. The zero-order valence-electron chi connectivity index (χ0n) is 9.98. The molecular weight excluding hydrogens is 206 g/mol. The smallest absolute Gasteiger partial charge is 0.234 e. The number of nitrogens with one attached hydrogen (secondary N) is 1. The molecule has 1 heterocycles. The van der Waals surface area contributed by atoms with Crippen LogP contribution in [-0.2, 0) is 4.79 Å². The van der Waals surface area contributed by atoms with Crippen LogP contribution in [0.3, 0.4) is 0 Å². The van der Waals surface area contributed by atoms with Crippen molar-refractivity contribution in [2.75, 3.05) is 26.2 Å². The van der Waals surface area contributed by atoms with Crippen molar-refractivity contribution in [3.05, 3.63) is 0 Å². The van der Waals surface area contributed by atoms with Gasteiger partial charge in [0.25, 0.3) is 0 Å². The lowest BCUT2D eigenvalue weighted by atomic mass is 10.1. The van der Waals surface area contributed by atoms with Crippen molar-refractivity contribution in [1.29, 1.82) is 0 Å². The first-order valence-electron chi connectivity index (χ1n) is 6.06. The zero-order chi connectivity index (χ0) is 12.0. The van der Waals surface area contributed by atoms with Crippen molar-refractivity contribution in [2.45, 2.75) is 38.3 Å². The summed E-state index contributed by atoms with van der Waals surface area (Å²) in [4.78, 5) is 13.3. The predicted octanol–water partition coefficient (Wildman–Crippen LogP) is -0.703. The van der Waals surface area contributed by atoms with Crippen LogP contribution in [0, 0.1) is 0 Å². The molecule has 0 radical (unpaired) electrons. The summed E-state index contributed by atoms with van der Waals surface area (Å²) in [7, 11) is 0. The van der Waals surface area contributed by atoms with Gasteiger partial charge < -0.3 is 16.2 Å². The van der Waals surface area contributed by atoms with Crippen LogP contribution in [0.1, 0.15) is 26.2 Å². The summed E-state index contributed by atoms with van der Waals surface area (Å²) >= 11 is 0. The third-order valence-corrected chi connectivity index (χ3v) is 3.16. The van der Waals surface area contributed by atoms with Gasteiger partial charge in [0.15, 0.2) is 0 Å². The Hall–Kier alpha value is -0.650. The van der Waals surface area contributed by atoms with Gasteiger partial charge in [-0.1, -0.05) is 6.92 Å². The minimum atomic E-state index is -0.297. The molecule has 0 bridgehead atoms. The minimum absolute atomic E-state index is 0.0660. The minimum Gasteiger partial charge on any atom is -0.395 e. The number of rotatable bonds is 7. The molecule has 5 nitrogen and oxygen atoms in total. The Kier molecular flexibility index (Phi) is 5.73. The van der Waals surface area contributed by atoms with Crippen LogP contribution in [-0.4, -0.2) is 54.2 Å². The number of carbonyl (C=O) groups is 1. The normalized spacial score (nSPS) is 22.6. The lowest BCUT2D eigenvalue weighted by molar-refractivity contribution is -0.123. The summed E-state index contributed by atoms with van der Waals surface area (Å²) in [5.41, 5.74) is 5.37. The summed E-state index contributed by atoms with van der Waals surface area (Å²) < 4.78 is 0. The molecule has 5 heteroatoms. The average Bonchev–Trinajstić information content (AvgIpc) is 2.71. The molecule has 94 valence electrons. The molecule has 0 aromatic carbocycles. The highest BCUT2D eigenvalue weighted by Gasteiger charge is 2.25. The van der Waals surface area contributed by atoms with Gasteiger partial charge in [0.2, 0.25) is 5.91 Å². The fourth-order valence-electron chi connectivity index (χ4n) is 2.34. The van der Waals surface area contributed by atoms with Crippen molar-refractivity contribution < 1.29 is 9.90 Å². The number of primary amides is 1. The molecule has 1 saturated heterocycles. The topological polar surface area (TPSA) is 78.6 Å². The van der Waals surface area contributed by atoms with Crippen LogP contribution in [0.25, 0.3) is 0 Å². The average molecular weight is 229 g/mol. The zero-order valence-corrected chi connectivity index (χ0v) is 9.98. The van der Waals surface area contributed by atoms with Gasteiger partial charge in [-0.3, -0.25) is 9.69 Å². The standard InChI is InChI=1S/C11H23N3O2/c1-2-10(11(12)16)14(6-7-15)8-9-4-3-5-13-9/h9-10,13,15H,2-8H2,1H3,(H2,12,16). The quantitative estimate of drug-likeness (QED) is 0.539. The monoisotopic (exact) mass is 229 g/mol. The van der Waals surface area contributed by atoms with E-state index in [2.05, 4.69) is 5.32 Å². The molecule has 1 aliphatic rings. The maximum absolute atomic E-state index is 11.3. The third kappa shape index (κ3) is 3.73. The highest BCUT2D eigenvalue weighted by atomic mass is 16.3. The molecule has 1 aliphatic heterocycles. The number of amides is 1. The Morgan fingerprint density at radius 1 is 1.69 bits per heavy atom. The van der Waals surface area contributed by atoms with Crippen molar-refractivity contribution in [3.8, 4) is 0 Å². The van der Waals surface area contributed by atoms with E-state index >= 15 is 0 Å². The second-order valence-electron chi connectivity index (χ2n) is 4.34. The first-order valence-corrected chi connectivity index (χ1v) is 6.06. The third-order valence-electron chi connectivity index (χ3n) is 3.16. The number of aliphatic hydroxyl groups excluding tert-OH is 1. The summed E-state index contributed by atoms with van der Waals surface area (Å²) in [5.74, 6) is -0.297. The van der Waals surface area contributed by atoms with E-state index in [0.717, 1.165) is 19.5 Å². The van der Waals surface area contributed by atoms with Gasteiger partial charge in [0, 0.05) is 19.1 Å². The Bertz CT molecular complexity index is 217. The first kappa shape index (κ1) is 13.4. The predicted molar refractivity (Wildman–Crippen MR) is 63.0 cm³/mol. The van der Waals surface area contributed by atoms with Crippen LogP contribution in [0.15, 0.2) is 0 Å². The molecule has 2 atom stereocenters. The van der Waals surface area contributed by atoms with Crippen molar-refractivity contribution in [1.82, 2.24) is 10.2 Å². The van der Waals surface area contributed by atoms with Gasteiger partial charge in [0.1, 0.15) is 0 Å². The second-order valence-corrected chi connectivity index (χ2v) is 4.34. The van der Waals surface area contributed by atoms with Crippen LogP contribution < -0.4 is 11.1 Å². The SMILES string of the molecule is CCC(C(N)=O)N(CCO)CC1CCCN1. The van der Waals surface area contributed by atoms with Gasteiger partial charge >= 0.3 is 0 Å². The van der Waals surface area contributed by atoms with Crippen molar-refractivity contribution in [3.63, 3.8) is 0 Å². The Balaban J connectivity index is 2.53. The maximum Gasteiger partial charge on any atom is 0.234 e. The summed E-state index contributed by atoms with van der Waals surface area (Å²) in [6.07, 6.45) is 3.02. The first-order chi connectivity index (χ1) is 7.69. The summed E-state index contributed by atoms with van der Waals surface area (Å²) in [6.45, 7) is 4.37. The van der Waals surface area contributed by atoms with Crippen molar-refractivity contribution >= 4 is 5.91 Å². The molecule has 16 heavy (non-hydrogen) atoms. The number of aliphatic hydroxyl groups is 1. The van der Waals surface area contributed by atoms with Crippen LogP contribution in [0.5, 0.6) is 0 Å². The van der Waals surface area contributed by atoms with Gasteiger partial charge in [0.05, 0.1) is 12.6 Å². The van der Waals surface area contributed by atoms with Gasteiger partial charge in [-0.25, -0.2) is 0 Å². The Labute approximate surface area is 97.0 Å².